The molecule has 0 aliphatic carbocycles. The van der Waals surface area contributed by atoms with E-state index in [9.17, 15) is 18.0 Å². The largest absolute Gasteiger partial charge is 0.357 e. The second-order valence-corrected chi connectivity index (χ2v) is 12.4. The van der Waals surface area contributed by atoms with Gasteiger partial charge in [-0.2, -0.15) is 0 Å². The number of sulfonamides is 1. The van der Waals surface area contributed by atoms with Gasteiger partial charge in [0.1, 0.15) is 12.6 Å². The summed E-state index contributed by atoms with van der Waals surface area (Å²) in [4.78, 5) is 29.1. The van der Waals surface area contributed by atoms with E-state index in [-0.39, 0.29) is 23.8 Å². The number of hydrogen-bond acceptors (Lipinski definition) is 4. The summed E-state index contributed by atoms with van der Waals surface area (Å²) < 4.78 is 29.2. The molecule has 218 valence electrons. The minimum atomic E-state index is -4.14. The Morgan fingerprint density at radius 2 is 1.48 bits per heavy atom. The number of halogens is 1. The number of rotatable bonds is 11. The Labute approximate surface area is 252 Å². The van der Waals surface area contributed by atoms with E-state index >= 15 is 0 Å². The van der Waals surface area contributed by atoms with E-state index in [4.69, 9.17) is 11.6 Å². The summed E-state index contributed by atoms with van der Waals surface area (Å²) in [6.07, 6.45) is 0.238. The first-order chi connectivity index (χ1) is 20.1. The van der Waals surface area contributed by atoms with Gasteiger partial charge in [-0.15, -0.1) is 0 Å². The molecule has 4 aromatic rings. The minimum absolute atomic E-state index is 0.0521. The minimum Gasteiger partial charge on any atom is -0.357 e. The molecule has 0 bridgehead atoms. The first-order valence-corrected chi connectivity index (χ1v) is 15.4. The van der Waals surface area contributed by atoms with E-state index in [0.717, 1.165) is 21.0 Å². The number of hydrogen-bond donors (Lipinski definition) is 1. The fourth-order valence-electron chi connectivity index (χ4n) is 4.70. The molecule has 0 spiro atoms. The highest BCUT2D eigenvalue weighted by molar-refractivity contribution is 7.92. The predicted molar refractivity (Wildman–Crippen MR) is 167 cm³/mol. The Kier molecular flexibility index (Phi) is 10.0. The highest BCUT2D eigenvalue weighted by Crippen LogP contribution is 2.26. The van der Waals surface area contributed by atoms with Crippen molar-refractivity contribution < 1.29 is 18.0 Å². The molecule has 0 aromatic heterocycles. The summed E-state index contributed by atoms with van der Waals surface area (Å²) >= 11 is 6.25. The van der Waals surface area contributed by atoms with Gasteiger partial charge in [-0.3, -0.25) is 13.9 Å². The Morgan fingerprint density at radius 1 is 0.810 bits per heavy atom. The van der Waals surface area contributed by atoms with Crippen molar-refractivity contribution in [1.29, 1.82) is 0 Å². The number of nitrogens with one attached hydrogen (secondary N) is 1. The average Bonchev–Trinajstić information content (AvgIpc) is 2.98. The van der Waals surface area contributed by atoms with Gasteiger partial charge in [-0.1, -0.05) is 83.9 Å². The molecular weight excluding hydrogens is 570 g/mol. The zero-order valence-corrected chi connectivity index (χ0v) is 25.4. The SMILES string of the molecule is CNC(=O)C(Cc1ccccc1)N(Cc1cccc(Cl)c1)C(=O)CN(c1cccc(C)c1)S(=O)(=O)c1ccc(C)cc1. The molecule has 0 saturated heterocycles. The van der Waals surface area contributed by atoms with Crippen LogP contribution in [0.25, 0.3) is 0 Å². The van der Waals surface area contributed by atoms with Crippen LogP contribution in [0.1, 0.15) is 22.3 Å². The zero-order chi connectivity index (χ0) is 30.3. The lowest BCUT2D eigenvalue weighted by Gasteiger charge is -2.33. The lowest BCUT2D eigenvalue weighted by atomic mass is 10.0. The van der Waals surface area contributed by atoms with Crippen LogP contribution in [0, 0.1) is 13.8 Å². The molecule has 4 aromatic carbocycles. The molecule has 1 atom stereocenters. The van der Waals surface area contributed by atoms with E-state index in [1.165, 1.54) is 24.1 Å². The van der Waals surface area contributed by atoms with E-state index in [2.05, 4.69) is 5.32 Å². The van der Waals surface area contributed by atoms with Crippen molar-refractivity contribution in [2.24, 2.45) is 0 Å². The van der Waals surface area contributed by atoms with Crippen molar-refractivity contribution in [2.45, 2.75) is 37.8 Å². The maximum absolute atomic E-state index is 14.3. The van der Waals surface area contributed by atoms with Crippen LogP contribution in [0.5, 0.6) is 0 Å². The molecule has 0 fully saturated rings. The summed E-state index contributed by atoms with van der Waals surface area (Å²) in [6.45, 7) is 3.27. The number of nitrogens with zero attached hydrogens (tertiary/aromatic N) is 2. The standard InChI is InChI=1S/C33H34ClN3O4S/c1-24-15-17-30(18-16-24)42(40,41)37(29-14-7-9-25(2)19-29)23-32(38)36(22-27-12-8-13-28(34)20-27)31(33(39)35-3)21-26-10-5-4-6-11-26/h4-20,31H,21-23H2,1-3H3,(H,35,39). The summed E-state index contributed by atoms with van der Waals surface area (Å²) in [5, 5.41) is 3.17. The molecule has 7 nitrogen and oxygen atoms in total. The first kappa shape index (κ1) is 30.8. The van der Waals surface area contributed by atoms with Crippen molar-refractivity contribution in [3.8, 4) is 0 Å². The van der Waals surface area contributed by atoms with Gasteiger partial charge < -0.3 is 10.2 Å². The van der Waals surface area contributed by atoms with Gasteiger partial charge in [-0.05, 0) is 66.9 Å². The van der Waals surface area contributed by atoms with Gasteiger partial charge in [0.25, 0.3) is 10.0 Å². The third-order valence-electron chi connectivity index (χ3n) is 6.94. The average molecular weight is 604 g/mol. The number of aryl methyl sites for hydroxylation is 2. The van der Waals surface area contributed by atoms with Crippen molar-refractivity contribution >= 4 is 39.1 Å². The van der Waals surface area contributed by atoms with Crippen LogP contribution >= 0.6 is 11.6 Å². The Hall–Kier alpha value is -4.14. The van der Waals surface area contributed by atoms with Crippen molar-refractivity contribution in [1.82, 2.24) is 10.2 Å². The van der Waals surface area contributed by atoms with Crippen LogP contribution in [0.4, 0.5) is 5.69 Å². The lowest BCUT2D eigenvalue weighted by molar-refractivity contribution is -0.139. The smallest absolute Gasteiger partial charge is 0.264 e. The second-order valence-electron chi connectivity index (χ2n) is 10.1. The van der Waals surface area contributed by atoms with Crippen molar-refractivity contribution in [3.63, 3.8) is 0 Å². The quantitative estimate of drug-likeness (QED) is 0.244. The van der Waals surface area contributed by atoms with Crippen LogP contribution in [0.3, 0.4) is 0 Å². The Morgan fingerprint density at radius 3 is 2.12 bits per heavy atom. The van der Waals surface area contributed by atoms with Crippen molar-refractivity contribution in [3.05, 3.63) is 130 Å². The topological polar surface area (TPSA) is 86.8 Å². The highest BCUT2D eigenvalue weighted by atomic mass is 35.5. The maximum Gasteiger partial charge on any atom is 0.264 e. The van der Waals surface area contributed by atoms with E-state index in [1.807, 2.05) is 56.3 Å². The monoisotopic (exact) mass is 603 g/mol. The Balaban J connectivity index is 1.79. The second kappa shape index (κ2) is 13.7. The van der Waals surface area contributed by atoms with Crippen molar-refractivity contribution in [2.75, 3.05) is 17.9 Å². The van der Waals surface area contributed by atoms with Gasteiger partial charge >= 0.3 is 0 Å². The number of carbonyl (C=O) groups excluding carboxylic acids is 2. The van der Waals surface area contributed by atoms with E-state index in [1.54, 1.807) is 48.5 Å². The number of benzene rings is 4. The molecule has 0 saturated carbocycles. The van der Waals surface area contributed by atoms with Crippen LogP contribution in [-0.2, 0) is 32.6 Å². The van der Waals surface area contributed by atoms with Gasteiger partial charge in [-0.25, -0.2) is 8.42 Å². The molecule has 1 N–H and O–H groups in total. The molecular formula is C33H34ClN3O4S. The summed E-state index contributed by atoms with van der Waals surface area (Å²) in [7, 11) is -2.62. The third-order valence-corrected chi connectivity index (χ3v) is 8.96. The third kappa shape index (κ3) is 7.57. The number of carbonyl (C=O) groups is 2. The van der Waals surface area contributed by atoms with Crippen LogP contribution in [0.15, 0.2) is 108 Å². The fraction of sp³-hybridized carbons (Fsp3) is 0.212. The molecule has 4 rings (SSSR count). The molecule has 0 aliphatic rings. The van der Waals surface area contributed by atoms with E-state index in [0.29, 0.717) is 16.3 Å². The molecule has 0 aliphatic heterocycles. The van der Waals surface area contributed by atoms with Crippen LogP contribution < -0.4 is 9.62 Å². The molecule has 0 heterocycles. The maximum atomic E-state index is 14.3. The molecule has 42 heavy (non-hydrogen) atoms. The van der Waals surface area contributed by atoms with Gasteiger partial charge in [0.05, 0.1) is 10.6 Å². The fourth-order valence-corrected chi connectivity index (χ4v) is 6.32. The molecule has 1 unspecified atom stereocenters. The number of likely N-dealkylation sites (N-methyl/N-ethyl adjacent to an activating group) is 1. The molecule has 0 radical (unpaired) electrons. The van der Waals surface area contributed by atoms with Gasteiger partial charge in [0.15, 0.2) is 0 Å². The number of anilines is 1. The highest BCUT2D eigenvalue weighted by Gasteiger charge is 2.34. The summed E-state index contributed by atoms with van der Waals surface area (Å²) in [5.74, 6) is -0.894. The normalized spacial score (nSPS) is 11.9. The first-order valence-electron chi connectivity index (χ1n) is 13.5. The predicted octanol–water partition coefficient (Wildman–Crippen LogP) is 5.54. The van der Waals surface area contributed by atoms with Gasteiger partial charge in [0, 0.05) is 25.0 Å². The van der Waals surface area contributed by atoms with Crippen LogP contribution in [-0.4, -0.2) is 44.8 Å². The summed E-state index contributed by atoms with van der Waals surface area (Å²) in [6, 6.07) is 29.0. The molecule has 2 amide bonds. The number of amides is 2. The van der Waals surface area contributed by atoms with E-state index < -0.39 is 28.5 Å². The lowest BCUT2D eigenvalue weighted by Crippen LogP contribution is -2.53. The Bertz CT molecular complexity index is 1640. The van der Waals surface area contributed by atoms with Crippen LogP contribution in [0.2, 0.25) is 5.02 Å². The summed E-state index contributed by atoms with van der Waals surface area (Å²) in [5.41, 5.74) is 3.67. The molecule has 9 heteroatoms. The van der Waals surface area contributed by atoms with Gasteiger partial charge in [0.2, 0.25) is 11.8 Å². The zero-order valence-electron chi connectivity index (χ0n) is 23.8.